The smallest absolute Gasteiger partial charge is 0.313 e. The molecule has 1 atom stereocenters. The molecule has 0 spiro atoms. The van der Waals surface area contributed by atoms with Gasteiger partial charge in [-0.2, -0.15) is 0 Å². The van der Waals surface area contributed by atoms with Crippen LogP contribution in [-0.4, -0.2) is 46.9 Å². The Labute approximate surface area is 236 Å². The third-order valence-electron chi connectivity index (χ3n) is 7.43. The predicted molar refractivity (Wildman–Crippen MR) is 158 cm³/mol. The third-order valence-corrected chi connectivity index (χ3v) is 11.1. The second-order valence-corrected chi connectivity index (χ2v) is 15.2. The summed E-state index contributed by atoms with van der Waals surface area (Å²) in [5.41, 5.74) is 4.55. The minimum atomic E-state index is -3.41. The minimum absolute atomic E-state index is 0.0238. The number of aromatic nitrogens is 1. The largest absolute Gasteiger partial charge is 0.469 e. The maximum absolute atomic E-state index is 13.0. The molecular formula is C31H33NO6S2. The van der Waals surface area contributed by atoms with Gasteiger partial charge in [-0.15, -0.1) is 0 Å². The zero-order chi connectivity index (χ0) is 29.3. The van der Waals surface area contributed by atoms with Gasteiger partial charge in [0.2, 0.25) is 0 Å². The first-order valence-corrected chi connectivity index (χ1v) is 16.4. The summed E-state index contributed by atoms with van der Waals surface area (Å²) in [5, 5.41) is 0.832. The van der Waals surface area contributed by atoms with Crippen LogP contribution in [0.25, 0.3) is 22.0 Å². The molecule has 0 saturated carbocycles. The number of hydrogen-bond acceptors (Lipinski definition) is 7. The lowest BCUT2D eigenvalue weighted by molar-refractivity contribution is -0.142. The monoisotopic (exact) mass is 579 g/mol. The molecule has 9 heteroatoms. The van der Waals surface area contributed by atoms with Gasteiger partial charge >= 0.3 is 5.97 Å². The summed E-state index contributed by atoms with van der Waals surface area (Å²) >= 11 is 0. The molecule has 0 aliphatic carbocycles. The van der Waals surface area contributed by atoms with Gasteiger partial charge in [-0.1, -0.05) is 49.4 Å². The van der Waals surface area contributed by atoms with Crippen molar-refractivity contribution in [2.45, 2.75) is 42.8 Å². The van der Waals surface area contributed by atoms with Crippen LogP contribution in [0.4, 0.5) is 0 Å². The van der Waals surface area contributed by atoms with E-state index in [0.29, 0.717) is 17.5 Å². The van der Waals surface area contributed by atoms with Gasteiger partial charge < -0.3 is 4.74 Å². The number of hydrogen-bond donors (Lipinski definition) is 0. The summed E-state index contributed by atoms with van der Waals surface area (Å²) in [4.78, 5) is 17.6. The molecule has 1 unspecified atom stereocenters. The molecule has 1 heterocycles. The molecule has 210 valence electrons. The van der Waals surface area contributed by atoms with Crippen molar-refractivity contribution in [3.8, 4) is 11.1 Å². The first kappa shape index (κ1) is 29.4. The Morgan fingerprint density at radius 2 is 1.65 bits per heavy atom. The van der Waals surface area contributed by atoms with E-state index in [2.05, 4.69) is 4.98 Å². The van der Waals surface area contributed by atoms with Crippen molar-refractivity contribution in [1.82, 2.24) is 4.98 Å². The van der Waals surface area contributed by atoms with Crippen LogP contribution in [0.15, 0.2) is 83.9 Å². The summed E-state index contributed by atoms with van der Waals surface area (Å²) in [6.45, 7) is 5.09. The zero-order valence-corrected chi connectivity index (χ0v) is 24.8. The van der Waals surface area contributed by atoms with E-state index in [4.69, 9.17) is 4.74 Å². The Morgan fingerprint density at radius 3 is 2.27 bits per heavy atom. The number of rotatable bonds is 9. The fraction of sp³-hybridized carbons (Fsp3) is 0.290. The molecule has 0 aliphatic rings. The van der Waals surface area contributed by atoms with E-state index in [0.717, 1.165) is 33.8 Å². The van der Waals surface area contributed by atoms with Gasteiger partial charge in [-0.05, 0) is 72.9 Å². The molecule has 0 N–H and O–H groups in total. The molecule has 0 aliphatic heterocycles. The molecule has 4 rings (SSSR count). The Kier molecular flexibility index (Phi) is 8.19. The lowest BCUT2D eigenvalue weighted by Crippen LogP contribution is -2.30. The molecule has 40 heavy (non-hydrogen) atoms. The summed E-state index contributed by atoms with van der Waals surface area (Å²) in [5.74, 6) is -1.06. The summed E-state index contributed by atoms with van der Waals surface area (Å²) in [6.07, 6.45) is 3.16. The van der Waals surface area contributed by atoms with Crippen LogP contribution in [0, 0.1) is 0 Å². The first-order chi connectivity index (χ1) is 18.8. The number of carbonyl (C=O) groups excluding carboxylic acids is 1. The second kappa shape index (κ2) is 11.1. The molecule has 0 amide bonds. The highest BCUT2D eigenvalue weighted by Gasteiger charge is 2.35. The number of carbonyl (C=O) groups is 1. The number of fused-ring (bicyclic) bond motifs is 1. The molecule has 1 aromatic heterocycles. The van der Waals surface area contributed by atoms with Gasteiger partial charge in [0.05, 0.1) is 28.2 Å². The highest BCUT2D eigenvalue weighted by atomic mass is 32.2. The van der Waals surface area contributed by atoms with Gasteiger partial charge in [0.15, 0.2) is 19.7 Å². The van der Waals surface area contributed by atoms with E-state index in [1.165, 1.54) is 19.2 Å². The highest BCUT2D eigenvalue weighted by Crippen LogP contribution is 2.37. The topological polar surface area (TPSA) is 107 Å². The van der Waals surface area contributed by atoms with Crippen LogP contribution in [0.5, 0.6) is 0 Å². The normalized spacial score (nSPS) is 13.2. The fourth-order valence-electron chi connectivity index (χ4n) is 4.83. The van der Waals surface area contributed by atoms with Crippen molar-refractivity contribution in [3.05, 3.63) is 95.7 Å². The Bertz CT molecular complexity index is 1780. The molecule has 0 saturated heterocycles. The van der Waals surface area contributed by atoms with Crippen molar-refractivity contribution in [2.75, 3.05) is 19.1 Å². The number of benzene rings is 3. The molecular weight excluding hydrogens is 546 g/mol. The number of sulfone groups is 2. The van der Waals surface area contributed by atoms with Crippen molar-refractivity contribution in [2.24, 2.45) is 0 Å². The number of pyridine rings is 1. The van der Waals surface area contributed by atoms with Gasteiger partial charge in [-0.3, -0.25) is 9.78 Å². The van der Waals surface area contributed by atoms with Crippen LogP contribution >= 0.6 is 0 Å². The lowest BCUT2D eigenvalue weighted by Gasteiger charge is -2.26. The third kappa shape index (κ3) is 5.81. The van der Waals surface area contributed by atoms with Gasteiger partial charge in [0.25, 0.3) is 0 Å². The van der Waals surface area contributed by atoms with E-state index in [9.17, 15) is 21.6 Å². The molecule has 4 aromatic rings. The van der Waals surface area contributed by atoms with Crippen molar-refractivity contribution in [1.29, 1.82) is 0 Å². The highest BCUT2D eigenvalue weighted by molar-refractivity contribution is 7.92. The maximum atomic E-state index is 13.0. The average molecular weight is 580 g/mol. The number of ether oxygens (including phenoxy) is 1. The standard InChI is InChI=1S/C31H33NO6S2/c1-6-40(36,37)31(2,3)25-19-24-11-8-16-32-29(24)27(20-25)23-10-7-9-21(17-23)18-28(30(33)38-4)22-12-14-26(15-13-22)39(5,34)35/h7-17,19-20,28H,6,18H2,1-5H3. The van der Waals surface area contributed by atoms with Gasteiger partial charge in [0, 0.05) is 29.2 Å². The quantitative estimate of drug-likeness (QED) is 0.242. The van der Waals surface area contributed by atoms with Crippen LogP contribution < -0.4 is 0 Å². The van der Waals surface area contributed by atoms with E-state index in [-0.39, 0.29) is 10.6 Å². The SMILES string of the molecule is CCS(=O)(=O)C(C)(C)c1cc(-c2cccc(CC(C(=O)OC)c3ccc(S(C)(=O)=O)cc3)c2)c2ncccc2c1. The molecule has 0 fully saturated rings. The van der Waals surface area contributed by atoms with Crippen LogP contribution in [0.2, 0.25) is 0 Å². The van der Waals surface area contributed by atoms with Crippen molar-refractivity contribution >= 4 is 36.5 Å². The maximum Gasteiger partial charge on any atom is 0.313 e. The summed E-state index contributed by atoms with van der Waals surface area (Å²) < 4.78 is 53.7. The minimum Gasteiger partial charge on any atom is -0.469 e. The fourth-order valence-corrected chi connectivity index (χ4v) is 6.66. The first-order valence-electron chi connectivity index (χ1n) is 12.9. The van der Waals surface area contributed by atoms with Crippen LogP contribution in [-0.2, 0) is 40.4 Å². The Balaban J connectivity index is 1.80. The Morgan fingerprint density at radius 1 is 0.950 bits per heavy atom. The van der Waals surface area contributed by atoms with Gasteiger partial charge in [0.1, 0.15) is 0 Å². The van der Waals surface area contributed by atoms with Crippen molar-refractivity contribution < 1.29 is 26.4 Å². The number of nitrogens with zero attached hydrogens (tertiary/aromatic N) is 1. The number of methoxy groups -OCH3 is 1. The van der Waals surface area contributed by atoms with E-state index in [1.807, 2.05) is 48.5 Å². The van der Waals surface area contributed by atoms with E-state index >= 15 is 0 Å². The molecule has 0 radical (unpaired) electrons. The summed E-state index contributed by atoms with van der Waals surface area (Å²) in [7, 11) is -5.45. The van der Waals surface area contributed by atoms with E-state index in [1.54, 1.807) is 39.1 Å². The van der Waals surface area contributed by atoms with Gasteiger partial charge in [-0.25, -0.2) is 16.8 Å². The second-order valence-electron chi connectivity index (χ2n) is 10.3. The number of esters is 1. The molecule has 0 bridgehead atoms. The predicted octanol–water partition coefficient (Wildman–Crippen LogP) is 5.47. The van der Waals surface area contributed by atoms with E-state index < -0.39 is 36.3 Å². The van der Waals surface area contributed by atoms with Crippen molar-refractivity contribution in [3.63, 3.8) is 0 Å². The average Bonchev–Trinajstić information content (AvgIpc) is 2.94. The lowest BCUT2D eigenvalue weighted by atomic mass is 9.89. The Hall–Kier alpha value is -3.56. The summed E-state index contributed by atoms with van der Waals surface area (Å²) in [6, 6.07) is 21.5. The van der Waals surface area contributed by atoms with Crippen LogP contribution in [0.1, 0.15) is 43.4 Å². The van der Waals surface area contributed by atoms with Crippen LogP contribution in [0.3, 0.4) is 0 Å². The molecule has 7 nitrogen and oxygen atoms in total. The molecule has 3 aromatic carbocycles. The zero-order valence-electron chi connectivity index (χ0n) is 23.2.